The molecule has 0 unspecified atom stereocenters. The van der Waals surface area contributed by atoms with Crippen LogP contribution in [0.4, 0.5) is 13.2 Å². The van der Waals surface area contributed by atoms with E-state index < -0.39 is 11.7 Å². The van der Waals surface area contributed by atoms with Crippen LogP contribution in [0.25, 0.3) is 5.82 Å². The van der Waals surface area contributed by atoms with Crippen molar-refractivity contribution in [2.75, 3.05) is 0 Å². The van der Waals surface area contributed by atoms with E-state index in [1.807, 2.05) is 6.07 Å². The summed E-state index contributed by atoms with van der Waals surface area (Å²) in [5.74, 6) is 0.277. The first-order valence-corrected chi connectivity index (χ1v) is 4.63. The normalized spacial score (nSPS) is 11.2. The van der Waals surface area contributed by atoms with Crippen LogP contribution < -0.4 is 0 Å². The zero-order valence-electron chi connectivity index (χ0n) is 8.44. The van der Waals surface area contributed by atoms with E-state index in [0.29, 0.717) is 5.69 Å². The molecule has 17 heavy (non-hydrogen) atoms. The van der Waals surface area contributed by atoms with Crippen LogP contribution in [0.1, 0.15) is 11.3 Å². The van der Waals surface area contributed by atoms with Gasteiger partial charge in [0, 0.05) is 12.4 Å². The van der Waals surface area contributed by atoms with Crippen molar-refractivity contribution >= 4 is 0 Å². The van der Waals surface area contributed by atoms with E-state index >= 15 is 0 Å². The first-order valence-electron chi connectivity index (χ1n) is 4.63. The Morgan fingerprint density at radius 3 is 2.53 bits per heavy atom. The van der Waals surface area contributed by atoms with Gasteiger partial charge in [-0.2, -0.15) is 18.4 Å². The topological polar surface area (TPSA) is 41.6 Å². The molecule has 2 heterocycles. The molecule has 0 spiro atoms. The number of hydrogen-bond acceptors (Lipinski definition) is 2. The fourth-order valence-corrected chi connectivity index (χ4v) is 1.37. The van der Waals surface area contributed by atoms with Crippen LogP contribution >= 0.6 is 0 Å². The van der Waals surface area contributed by atoms with Crippen LogP contribution in [0.2, 0.25) is 0 Å². The van der Waals surface area contributed by atoms with Gasteiger partial charge in [-0.15, -0.1) is 0 Å². The molecule has 0 bridgehead atoms. The molecule has 0 aliphatic heterocycles. The molecule has 0 atom stereocenters. The number of nitrogens with zero attached hydrogens (tertiary/aromatic N) is 3. The lowest BCUT2D eigenvalue weighted by atomic mass is 10.3. The molecule has 6 heteroatoms. The number of pyridine rings is 1. The molecule has 0 amide bonds. The van der Waals surface area contributed by atoms with Crippen LogP contribution in [0.3, 0.4) is 0 Å². The minimum atomic E-state index is -4.40. The summed E-state index contributed by atoms with van der Waals surface area (Å²) in [7, 11) is 0. The summed E-state index contributed by atoms with van der Waals surface area (Å²) >= 11 is 0. The number of halogens is 3. The highest BCUT2D eigenvalue weighted by molar-refractivity contribution is 5.35. The van der Waals surface area contributed by atoms with Crippen LogP contribution in [0.15, 0.2) is 36.7 Å². The average Bonchev–Trinajstić information content (AvgIpc) is 2.76. The van der Waals surface area contributed by atoms with Gasteiger partial charge in [0.1, 0.15) is 17.6 Å². The average molecular weight is 237 g/mol. The molecule has 0 saturated heterocycles. The number of rotatable bonds is 1. The van der Waals surface area contributed by atoms with Gasteiger partial charge in [0.15, 0.2) is 0 Å². The van der Waals surface area contributed by atoms with E-state index in [2.05, 4.69) is 4.98 Å². The second kappa shape index (κ2) is 3.94. The predicted octanol–water partition coefficient (Wildman–Crippen LogP) is 2.76. The SMILES string of the molecule is N#Cc1cccn1-c1ccc(C(F)(F)F)cn1. The van der Waals surface area contributed by atoms with E-state index in [1.165, 1.54) is 10.6 Å². The monoisotopic (exact) mass is 237 g/mol. The van der Waals surface area contributed by atoms with Gasteiger partial charge >= 0.3 is 6.18 Å². The maximum Gasteiger partial charge on any atom is 0.417 e. The molecule has 0 N–H and O–H groups in total. The molecule has 0 aliphatic rings. The van der Waals surface area contributed by atoms with Gasteiger partial charge in [-0.3, -0.25) is 4.57 Å². The quantitative estimate of drug-likeness (QED) is 0.765. The molecule has 0 aromatic carbocycles. The Kier molecular flexibility index (Phi) is 2.60. The lowest BCUT2D eigenvalue weighted by Crippen LogP contribution is -2.07. The van der Waals surface area contributed by atoms with Crippen LogP contribution in [0.5, 0.6) is 0 Å². The molecular weight excluding hydrogens is 231 g/mol. The van der Waals surface area contributed by atoms with E-state index in [1.54, 1.807) is 18.3 Å². The van der Waals surface area contributed by atoms with Gasteiger partial charge in [-0.25, -0.2) is 4.98 Å². The summed E-state index contributed by atoms with van der Waals surface area (Å²) in [5.41, 5.74) is -0.496. The summed E-state index contributed by atoms with van der Waals surface area (Å²) in [6.45, 7) is 0. The highest BCUT2D eigenvalue weighted by Gasteiger charge is 2.30. The highest BCUT2D eigenvalue weighted by atomic mass is 19.4. The summed E-state index contributed by atoms with van der Waals surface area (Å²) < 4.78 is 38.3. The third kappa shape index (κ3) is 2.13. The Balaban J connectivity index is 2.40. The van der Waals surface area contributed by atoms with Crippen molar-refractivity contribution in [1.29, 1.82) is 5.26 Å². The van der Waals surface area contributed by atoms with Crippen molar-refractivity contribution in [2.45, 2.75) is 6.18 Å². The molecule has 2 rings (SSSR count). The summed E-state index contributed by atoms with van der Waals surface area (Å²) in [4.78, 5) is 3.69. The van der Waals surface area contributed by atoms with Gasteiger partial charge in [-0.1, -0.05) is 0 Å². The third-order valence-electron chi connectivity index (χ3n) is 2.19. The molecule has 2 aromatic rings. The predicted molar refractivity (Wildman–Crippen MR) is 53.3 cm³/mol. The number of aromatic nitrogens is 2. The smallest absolute Gasteiger partial charge is 0.293 e. The Hall–Kier alpha value is -2.29. The van der Waals surface area contributed by atoms with Gasteiger partial charge in [-0.05, 0) is 24.3 Å². The zero-order valence-corrected chi connectivity index (χ0v) is 8.44. The molecule has 0 saturated carbocycles. The molecule has 0 fully saturated rings. The lowest BCUT2D eigenvalue weighted by molar-refractivity contribution is -0.137. The fourth-order valence-electron chi connectivity index (χ4n) is 1.37. The van der Waals surface area contributed by atoms with E-state index in [4.69, 9.17) is 5.26 Å². The number of hydrogen-bond donors (Lipinski definition) is 0. The zero-order chi connectivity index (χ0) is 12.5. The van der Waals surface area contributed by atoms with Crippen molar-refractivity contribution in [3.63, 3.8) is 0 Å². The minimum Gasteiger partial charge on any atom is -0.293 e. The van der Waals surface area contributed by atoms with E-state index in [9.17, 15) is 13.2 Å². The highest BCUT2D eigenvalue weighted by Crippen LogP contribution is 2.28. The van der Waals surface area contributed by atoms with E-state index in [0.717, 1.165) is 12.3 Å². The van der Waals surface area contributed by atoms with Gasteiger partial charge in [0.05, 0.1) is 5.56 Å². The largest absolute Gasteiger partial charge is 0.417 e. The van der Waals surface area contributed by atoms with E-state index in [-0.39, 0.29) is 5.82 Å². The van der Waals surface area contributed by atoms with Crippen molar-refractivity contribution < 1.29 is 13.2 Å². The minimum absolute atomic E-state index is 0.277. The molecule has 2 aromatic heterocycles. The second-order valence-electron chi connectivity index (χ2n) is 3.28. The van der Waals surface area contributed by atoms with Crippen molar-refractivity contribution in [2.24, 2.45) is 0 Å². The third-order valence-corrected chi connectivity index (χ3v) is 2.19. The maximum absolute atomic E-state index is 12.3. The first-order chi connectivity index (χ1) is 8.02. The standard InChI is InChI=1S/C11H6F3N3/c12-11(13,14)8-3-4-10(16-7-8)17-5-1-2-9(17)6-15/h1-5,7H. The summed E-state index contributed by atoms with van der Waals surface area (Å²) in [6.07, 6.45) is -2.09. The van der Waals surface area contributed by atoms with Gasteiger partial charge in [0.2, 0.25) is 0 Å². The van der Waals surface area contributed by atoms with Crippen LogP contribution in [-0.2, 0) is 6.18 Å². The van der Waals surface area contributed by atoms with Crippen LogP contribution in [0, 0.1) is 11.3 Å². The molecule has 86 valence electrons. The Bertz CT molecular complexity index is 561. The van der Waals surface area contributed by atoms with Gasteiger partial charge in [0.25, 0.3) is 0 Å². The van der Waals surface area contributed by atoms with Crippen LogP contribution in [-0.4, -0.2) is 9.55 Å². The van der Waals surface area contributed by atoms with Crippen molar-refractivity contribution in [3.05, 3.63) is 47.9 Å². The Labute approximate surface area is 94.7 Å². The number of nitriles is 1. The molecule has 0 radical (unpaired) electrons. The first kappa shape index (κ1) is 11.2. The molecular formula is C11H6F3N3. The van der Waals surface area contributed by atoms with Crippen molar-refractivity contribution in [3.8, 4) is 11.9 Å². The fraction of sp³-hybridized carbons (Fsp3) is 0.0909. The lowest BCUT2D eigenvalue weighted by Gasteiger charge is -2.07. The second-order valence-corrected chi connectivity index (χ2v) is 3.28. The Morgan fingerprint density at radius 2 is 2.00 bits per heavy atom. The van der Waals surface area contributed by atoms with Gasteiger partial charge < -0.3 is 0 Å². The Morgan fingerprint density at radius 1 is 1.24 bits per heavy atom. The van der Waals surface area contributed by atoms with Crippen molar-refractivity contribution in [1.82, 2.24) is 9.55 Å². The molecule has 3 nitrogen and oxygen atoms in total. The maximum atomic E-state index is 12.3. The molecule has 0 aliphatic carbocycles. The summed E-state index contributed by atoms with van der Waals surface area (Å²) in [5, 5.41) is 8.77. The summed E-state index contributed by atoms with van der Waals surface area (Å²) in [6, 6.07) is 7.26. The number of alkyl halides is 3.